The van der Waals surface area contributed by atoms with E-state index in [1.54, 1.807) is 0 Å². The summed E-state index contributed by atoms with van der Waals surface area (Å²) in [5.74, 6) is -0.836. The van der Waals surface area contributed by atoms with Gasteiger partial charge in [0, 0.05) is 8.95 Å². The monoisotopic (exact) mass is 787 g/mol. The molecule has 6 aromatic carbocycles. The number of nitrogens with two attached hydrogens (primary N) is 1. The van der Waals surface area contributed by atoms with Gasteiger partial charge in [-0.3, -0.25) is 4.79 Å². The Morgan fingerprint density at radius 3 is 1.18 bits per heavy atom. The zero-order valence-electron chi connectivity index (χ0n) is 29.0. The third-order valence-electron chi connectivity index (χ3n) is 9.23. The van der Waals surface area contributed by atoms with Crippen LogP contribution in [0, 0.1) is 27.7 Å². The van der Waals surface area contributed by atoms with Crippen molar-refractivity contribution in [2.45, 2.75) is 51.5 Å². The highest BCUT2D eigenvalue weighted by atomic mass is 79.9. The summed E-state index contributed by atoms with van der Waals surface area (Å²) in [5, 5.41) is 10.4. The lowest BCUT2D eigenvalue weighted by Gasteiger charge is -2.32. The number of benzene rings is 6. The predicted octanol–water partition coefficient (Wildman–Crippen LogP) is 11.2. The minimum atomic E-state index is -1.13. The topological polar surface area (TPSA) is 63.3 Å². The predicted molar refractivity (Wildman–Crippen MR) is 214 cm³/mol. The largest absolute Gasteiger partial charge is 0.480 e. The highest BCUT2D eigenvalue weighted by Gasteiger charge is 2.42. The molecule has 0 heterocycles. The number of hydrogen-bond acceptors (Lipinski definition) is 2. The minimum Gasteiger partial charge on any atom is -0.480 e. The second kappa shape index (κ2) is 16.2. The third-order valence-corrected chi connectivity index (χ3v) is 10.3. The molecule has 0 aliphatic carbocycles. The van der Waals surface area contributed by atoms with E-state index in [4.69, 9.17) is 5.73 Å². The molecule has 0 aromatic heterocycles. The molecule has 0 saturated carbocycles. The molecule has 0 amide bonds. The molecule has 0 bridgehead atoms. The summed E-state index contributed by atoms with van der Waals surface area (Å²) in [7, 11) is 0. The van der Waals surface area contributed by atoms with Gasteiger partial charge in [-0.15, -0.1) is 0 Å². The van der Waals surface area contributed by atoms with Crippen molar-refractivity contribution >= 4 is 37.8 Å². The van der Waals surface area contributed by atoms with E-state index in [1.165, 1.54) is 16.7 Å². The summed E-state index contributed by atoms with van der Waals surface area (Å²) in [6, 6.07) is 49.0. The molecule has 0 atom stereocenters. The van der Waals surface area contributed by atoms with Gasteiger partial charge in [0.25, 0.3) is 0 Å². The van der Waals surface area contributed by atoms with E-state index >= 15 is 0 Å². The number of aliphatic carboxylic acids is 1. The van der Waals surface area contributed by atoms with Crippen LogP contribution in [0.4, 0.5) is 0 Å². The molecule has 0 radical (unpaired) electrons. The Bertz CT molecular complexity index is 1980. The van der Waals surface area contributed by atoms with Crippen LogP contribution in [-0.4, -0.2) is 11.1 Å². The molecule has 0 fully saturated rings. The summed E-state index contributed by atoms with van der Waals surface area (Å²) in [5.41, 5.74) is 16.0. The van der Waals surface area contributed by atoms with Gasteiger partial charge in [-0.25, -0.2) is 0 Å². The second-order valence-electron chi connectivity index (χ2n) is 13.3. The SMILES string of the molecule is Cc1cccc(C(Cc2ccc(Br)cc2)(C(=O)O)c2cccc(C)c2)c1.Cc1cccc(C(N)(Cc2ccc(Br)cc2)c2cccc(C)c2)c1. The van der Waals surface area contributed by atoms with Crippen molar-refractivity contribution in [3.05, 3.63) is 210 Å². The Balaban J connectivity index is 0.000000195. The van der Waals surface area contributed by atoms with Crippen LogP contribution < -0.4 is 5.73 Å². The Labute approximate surface area is 313 Å². The van der Waals surface area contributed by atoms with Crippen LogP contribution in [0.25, 0.3) is 0 Å². The van der Waals surface area contributed by atoms with Crippen molar-refractivity contribution in [1.82, 2.24) is 0 Å². The van der Waals surface area contributed by atoms with Crippen molar-refractivity contribution in [3.8, 4) is 0 Å². The van der Waals surface area contributed by atoms with E-state index < -0.39 is 16.9 Å². The van der Waals surface area contributed by atoms with E-state index in [1.807, 2.05) is 86.6 Å². The van der Waals surface area contributed by atoms with Gasteiger partial charge >= 0.3 is 5.97 Å². The molecule has 0 saturated heterocycles. The molecular formula is C45H43Br2NO2. The average molecular weight is 790 g/mol. The maximum absolute atomic E-state index is 12.7. The minimum absolute atomic E-state index is 0.391. The summed E-state index contributed by atoms with van der Waals surface area (Å²) in [6.45, 7) is 8.21. The Morgan fingerprint density at radius 2 is 0.840 bits per heavy atom. The summed E-state index contributed by atoms with van der Waals surface area (Å²) in [6.07, 6.45) is 1.15. The molecule has 0 spiro atoms. The first-order chi connectivity index (χ1) is 23.9. The molecule has 50 heavy (non-hydrogen) atoms. The molecule has 6 aromatic rings. The number of rotatable bonds is 9. The van der Waals surface area contributed by atoms with E-state index in [0.29, 0.717) is 6.42 Å². The lowest BCUT2D eigenvalue weighted by Crippen LogP contribution is -2.40. The maximum Gasteiger partial charge on any atom is 0.318 e. The zero-order chi connectivity index (χ0) is 35.9. The van der Waals surface area contributed by atoms with Crippen LogP contribution in [0.5, 0.6) is 0 Å². The van der Waals surface area contributed by atoms with Crippen LogP contribution in [0.1, 0.15) is 55.6 Å². The highest BCUT2D eigenvalue weighted by Crippen LogP contribution is 2.38. The van der Waals surface area contributed by atoms with Gasteiger partial charge in [0.05, 0.1) is 5.54 Å². The number of halogens is 2. The number of hydrogen-bond donors (Lipinski definition) is 2. The van der Waals surface area contributed by atoms with Gasteiger partial charge in [-0.05, 0) is 98.2 Å². The quantitative estimate of drug-likeness (QED) is 0.153. The molecule has 0 aliphatic rings. The van der Waals surface area contributed by atoms with Crippen molar-refractivity contribution in [2.24, 2.45) is 5.73 Å². The molecule has 3 nitrogen and oxygen atoms in total. The average Bonchev–Trinajstić information content (AvgIpc) is 3.09. The lowest BCUT2D eigenvalue weighted by molar-refractivity contribution is -0.142. The molecule has 0 aliphatic heterocycles. The Kier molecular flexibility index (Phi) is 11.9. The number of carboxylic acid groups (broad SMARTS) is 1. The highest BCUT2D eigenvalue weighted by molar-refractivity contribution is 9.10. The van der Waals surface area contributed by atoms with Crippen molar-refractivity contribution < 1.29 is 9.90 Å². The lowest BCUT2D eigenvalue weighted by atomic mass is 9.70. The number of carbonyl (C=O) groups is 1. The van der Waals surface area contributed by atoms with Gasteiger partial charge in [0.2, 0.25) is 0 Å². The van der Waals surface area contributed by atoms with E-state index in [9.17, 15) is 9.90 Å². The third kappa shape index (κ3) is 8.70. The molecule has 6 rings (SSSR count). The maximum atomic E-state index is 12.7. The van der Waals surface area contributed by atoms with Crippen LogP contribution in [0.2, 0.25) is 0 Å². The van der Waals surface area contributed by atoms with Crippen LogP contribution >= 0.6 is 31.9 Å². The van der Waals surface area contributed by atoms with Crippen molar-refractivity contribution in [2.75, 3.05) is 0 Å². The summed E-state index contributed by atoms with van der Waals surface area (Å²) >= 11 is 6.95. The number of aryl methyl sites for hydroxylation is 4. The molecular weight excluding hydrogens is 746 g/mol. The van der Waals surface area contributed by atoms with E-state index in [2.05, 4.69) is 119 Å². The molecule has 254 valence electrons. The fourth-order valence-electron chi connectivity index (χ4n) is 6.56. The van der Waals surface area contributed by atoms with Gasteiger partial charge < -0.3 is 10.8 Å². The molecule has 5 heteroatoms. The normalized spacial score (nSPS) is 11.4. The summed E-state index contributed by atoms with van der Waals surface area (Å²) in [4.78, 5) is 12.7. The molecule has 0 unspecified atom stereocenters. The number of carboxylic acids is 1. The van der Waals surface area contributed by atoms with Crippen molar-refractivity contribution in [3.63, 3.8) is 0 Å². The van der Waals surface area contributed by atoms with E-state index in [-0.39, 0.29) is 0 Å². The van der Waals surface area contributed by atoms with Crippen LogP contribution in [-0.2, 0) is 28.6 Å². The van der Waals surface area contributed by atoms with Crippen LogP contribution in [0.3, 0.4) is 0 Å². The fraction of sp³-hybridized carbons (Fsp3) is 0.178. The van der Waals surface area contributed by atoms with E-state index in [0.717, 1.165) is 54.3 Å². The first-order valence-electron chi connectivity index (χ1n) is 16.7. The Hall–Kier alpha value is -4.29. The van der Waals surface area contributed by atoms with Gasteiger partial charge in [0.15, 0.2) is 0 Å². The van der Waals surface area contributed by atoms with Gasteiger partial charge in [-0.1, -0.05) is 175 Å². The standard InChI is InChI=1S/C23H21BrO2.C22H22BrN/c1-16-5-3-7-19(13-16)23(22(25)26,20-8-4-6-17(2)14-20)15-18-9-11-21(24)12-10-18;1-16-5-3-7-19(13-16)22(24,20-8-4-6-17(2)14-20)15-18-9-11-21(23)12-10-18/h3-14H,15H2,1-2H3,(H,25,26);3-14H,15,24H2,1-2H3. The van der Waals surface area contributed by atoms with Gasteiger partial charge in [0.1, 0.15) is 5.41 Å². The fourth-order valence-corrected chi connectivity index (χ4v) is 7.09. The van der Waals surface area contributed by atoms with Crippen molar-refractivity contribution in [1.29, 1.82) is 0 Å². The second-order valence-corrected chi connectivity index (χ2v) is 15.1. The van der Waals surface area contributed by atoms with Gasteiger partial charge in [-0.2, -0.15) is 0 Å². The van der Waals surface area contributed by atoms with Crippen LogP contribution in [0.15, 0.2) is 155 Å². The first-order valence-corrected chi connectivity index (χ1v) is 18.3. The molecule has 3 N–H and O–H groups in total. The zero-order valence-corrected chi connectivity index (χ0v) is 32.1. The first kappa shape index (κ1) is 37.0. The smallest absolute Gasteiger partial charge is 0.318 e. The Morgan fingerprint density at radius 1 is 0.520 bits per heavy atom. The summed E-state index contributed by atoms with van der Waals surface area (Å²) < 4.78 is 2.06.